The van der Waals surface area contributed by atoms with Crippen LogP contribution in [0.15, 0.2) is 18.3 Å². The van der Waals surface area contributed by atoms with Gasteiger partial charge in [0.2, 0.25) is 0 Å². The molecule has 3 nitrogen and oxygen atoms in total. The summed E-state index contributed by atoms with van der Waals surface area (Å²) < 4.78 is 0. The van der Waals surface area contributed by atoms with E-state index in [1.807, 2.05) is 12.3 Å². The Morgan fingerprint density at radius 3 is 2.60 bits per heavy atom. The number of anilines is 1. The molecule has 0 spiro atoms. The molecule has 0 aromatic carbocycles. The molecule has 0 radical (unpaired) electrons. The zero-order valence-electron chi connectivity index (χ0n) is 13.2. The molecule has 0 amide bonds. The molecule has 0 saturated heterocycles. The SMILES string of the molecule is CC(C)CCN(c1ncccc1C(C)N)C1CCCC1. The highest BCUT2D eigenvalue weighted by molar-refractivity contribution is 5.49. The minimum Gasteiger partial charge on any atom is -0.353 e. The van der Waals surface area contributed by atoms with Crippen LogP contribution in [0.5, 0.6) is 0 Å². The fourth-order valence-corrected chi connectivity index (χ4v) is 3.08. The van der Waals surface area contributed by atoms with Crippen molar-refractivity contribution in [2.45, 2.75) is 65.0 Å². The third-order valence-electron chi connectivity index (χ3n) is 4.29. The van der Waals surface area contributed by atoms with Crippen molar-refractivity contribution in [3.63, 3.8) is 0 Å². The summed E-state index contributed by atoms with van der Waals surface area (Å²) in [5, 5.41) is 0. The Kier molecular flexibility index (Phi) is 5.41. The summed E-state index contributed by atoms with van der Waals surface area (Å²) in [5.74, 6) is 1.84. The van der Waals surface area contributed by atoms with Crippen molar-refractivity contribution < 1.29 is 0 Å². The molecule has 3 heteroatoms. The Hall–Kier alpha value is -1.09. The van der Waals surface area contributed by atoms with Crippen LogP contribution < -0.4 is 10.6 Å². The highest BCUT2D eigenvalue weighted by Crippen LogP contribution is 2.31. The third-order valence-corrected chi connectivity index (χ3v) is 4.29. The molecule has 0 bridgehead atoms. The minimum atomic E-state index is 0.0432. The monoisotopic (exact) mass is 275 g/mol. The lowest BCUT2D eigenvalue weighted by molar-refractivity contribution is 0.522. The number of nitrogens with zero attached hydrogens (tertiary/aromatic N) is 2. The first-order chi connectivity index (χ1) is 9.59. The molecular weight excluding hydrogens is 246 g/mol. The zero-order chi connectivity index (χ0) is 14.5. The van der Waals surface area contributed by atoms with E-state index in [1.165, 1.54) is 37.7 Å². The Labute approximate surface area is 123 Å². The van der Waals surface area contributed by atoms with Crippen LogP contribution >= 0.6 is 0 Å². The van der Waals surface area contributed by atoms with Crippen molar-refractivity contribution >= 4 is 5.82 Å². The van der Waals surface area contributed by atoms with Crippen LogP contribution in [0.2, 0.25) is 0 Å². The normalized spacial score (nSPS) is 17.6. The summed E-state index contributed by atoms with van der Waals surface area (Å²) in [6, 6.07) is 4.82. The van der Waals surface area contributed by atoms with Crippen LogP contribution in [-0.2, 0) is 0 Å². The van der Waals surface area contributed by atoms with Crippen molar-refractivity contribution in [1.29, 1.82) is 0 Å². The first-order valence-corrected chi connectivity index (χ1v) is 8.06. The van der Waals surface area contributed by atoms with E-state index in [0.29, 0.717) is 6.04 Å². The first-order valence-electron chi connectivity index (χ1n) is 8.06. The van der Waals surface area contributed by atoms with Crippen LogP contribution in [0.1, 0.15) is 64.5 Å². The summed E-state index contributed by atoms with van der Waals surface area (Å²) in [6.45, 7) is 7.73. The lowest BCUT2D eigenvalue weighted by atomic mass is 10.1. The van der Waals surface area contributed by atoms with Crippen molar-refractivity contribution in [1.82, 2.24) is 4.98 Å². The molecule has 20 heavy (non-hydrogen) atoms. The number of hydrogen-bond acceptors (Lipinski definition) is 3. The smallest absolute Gasteiger partial charge is 0.133 e. The summed E-state index contributed by atoms with van der Waals surface area (Å²) in [4.78, 5) is 7.20. The molecule has 1 unspecified atom stereocenters. The highest BCUT2D eigenvalue weighted by Gasteiger charge is 2.25. The number of rotatable bonds is 6. The zero-order valence-corrected chi connectivity index (χ0v) is 13.2. The predicted molar refractivity (Wildman–Crippen MR) is 85.9 cm³/mol. The van der Waals surface area contributed by atoms with E-state index in [0.717, 1.165) is 18.3 Å². The van der Waals surface area contributed by atoms with Crippen molar-refractivity contribution in [2.24, 2.45) is 11.7 Å². The van der Waals surface area contributed by atoms with Gasteiger partial charge in [0.05, 0.1) is 0 Å². The second kappa shape index (κ2) is 7.07. The van der Waals surface area contributed by atoms with E-state index in [1.54, 1.807) is 0 Å². The lowest BCUT2D eigenvalue weighted by Crippen LogP contribution is -2.36. The predicted octanol–water partition coefficient (Wildman–Crippen LogP) is 3.90. The summed E-state index contributed by atoms with van der Waals surface area (Å²) in [7, 11) is 0. The summed E-state index contributed by atoms with van der Waals surface area (Å²) in [6.07, 6.45) is 8.41. The molecule has 1 aliphatic carbocycles. The van der Waals surface area contributed by atoms with Gasteiger partial charge in [-0.05, 0) is 38.2 Å². The first kappa shape index (κ1) is 15.3. The second-order valence-electron chi connectivity index (χ2n) is 6.52. The Morgan fingerprint density at radius 2 is 2.00 bits per heavy atom. The third kappa shape index (κ3) is 3.72. The van der Waals surface area contributed by atoms with Gasteiger partial charge in [0.1, 0.15) is 5.82 Å². The van der Waals surface area contributed by atoms with Crippen LogP contribution in [-0.4, -0.2) is 17.6 Å². The Morgan fingerprint density at radius 1 is 1.30 bits per heavy atom. The highest BCUT2D eigenvalue weighted by atomic mass is 15.2. The van der Waals surface area contributed by atoms with Gasteiger partial charge in [-0.25, -0.2) is 4.98 Å². The standard InChI is InChI=1S/C17H29N3/c1-13(2)10-12-20(15-7-4-5-8-15)17-16(14(3)18)9-6-11-19-17/h6,9,11,13-15H,4-5,7-8,10,12,18H2,1-3H3. The van der Waals surface area contributed by atoms with Crippen LogP contribution in [0.4, 0.5) is 5.82 Å². The van der Waals surface area contributed by atoms with E-state index in [-0.39, 0.29) is 6.04 Å². The maximum Gasteiger partial charge on any atom is 0.133 e. The van der Waals surface area contributed by atoms with Gasteiger partial charge >= 0.3 is 0 Å². The van der Waals surface area contributed by atoms with Crippen LogP contribution in [0.3, 0.4) is 0 Å². The average molecular weight is 275 g/mol. The molecule has 1 atom stereocenters. The van der Waals surface area contributed by atoms with Gasteiger partial charge < -0.3 is 10.6 Å². The molecule has 112 valence electrons. The molecule has 2 N–H and O–H groups in total. The number of aromatic nitrogens is 1. The van der Waals surface area contributed by atoms with Gasteiger partial charge in [-0.15, -0.1) is 0 Å². The van der Waals surface area contributed by atoms with E-state index >= 15 is 0 Å². The molecule has 1 aromatic rings. The van der Waals surface area contributed by atoms with Crippen molar-refractivity contribution in [3.05, 3.63) is 23.9 Å². The summed E-state index contributed by atoms with van der Waals surface area (Å²) in [5.41, 5.74) is 7.32. The Bertz CT molecular complexity index is 408. The molecule has 2 rings (SSSR count). The van der Waals surface area contributed by atoms with Crippen LogP contribution in [0, 0.1) is 5.92 Å². The molecule has 1 saturated carbocycles. The number of hydrogen-bond donors (Lipinski definition) is 1. The van der Waals surface area contributed by atoms with Crippen molar-refractivity contribution in [2.75, 3.05) is 11.4 Å². The van der Waals surface area contributed by atoms with Gasteiger partial charge in [0.15, 0.2) is 0 Å². The van der Waals surface area contributed by atoms with E-state index in [2.05, 4.69) is 36.7 Å². The summed E-state index contributed by atoms with van der Waals surface area (Å²) >= 11 is 0. The number of pyridine rings is 1. The molecule has 1 heterocycles. The van der Waals surface area contributed by atoms with Crippen molar-refractivity contribution in [3.8, 4) is 0 Å². The Balaban J connectivity index is 2.25. The van der Waals surface area contributed by atoms with Crippen LogP contribution in [0.25, 0.3) is 0 Å². The fraction of sp³-hybridized carbons (Fsp3) is 0.706. The molecule has 1 aromatic heterocycles. The molecular formula is C17H29N3. The molecule has 1 aliphatic rings. The lowest BCUT2D eigenvalue weighted by Gasteiger charge is -2.33. The second-order valence-corrected chi connectivity index (χ2v) is 6.52. The average Bonchev–Trinajstić information content (AvgIpc) is 2.93. The molecule has 1 fully saturated rings. The van der Waals surface area contributed by atoms with E-state index in [4.69, 9.17) is 5.73 Å². The van der Waals surface area contributed by atoms with Gasteiger partial charge in [-0.1, -0.05) is 32.8 Å². The fourth-order valence-electron chi connectivity index (χ4n) is 3.08. The quantitative estimate of drug-likeness (QED) is 0.856. The topological polar surface area (TPSA) is 42.2 Å². The van der Waals surface area contributed by atoms with Gasteiger partial charge in [0, 0.05) is 30.4 Å². The van der Waals surface area contributed by atoms with E-state index < -0.39 is 0 Å². The minimum absolute atomic E-state index is 0.0432. The van der Waals surface area contributed by atoms with Gasteiger partial charge in [0.25, 0.3) is 0 Å². The van der Waals surface area contributed by atoms with Gasteiger partial charge in [-0.2, -0.15) is 0 Å². The maximum atomic E-state index is 6.14. The maximum absolute atomic E-state index is 6.14. The van der Waals surface area contributed by atoms with Gasteiger partial charge in [-0.3, -0.25) is 0 Å². The largest absolute Gasteiger partial charge is 0.353 e. The molecule has 0 aliphatic heterocycles. The number of nitrogens with two attached hydrogens (primary N) is 1. The van der Waals surface area contributed by atoms with E-state index in [9.17, 15) is 0 Å².